The van der Waals surface area contributed by atoms with Crippen LogP contribution in [0.1, 0.15) is 24.0 Å². The van der Waals surface area contributed by atoms with E-state index in [9.17, 15) is 9.59 Å². The zero-order valence-electron chi connectivity index (χ0n) is 12.6. The first-order valence-electron chi connectivity index (χ1n) is 7.64. The van der Waals surface area contributed by atoms with Crippen molar-refractivity contribution in [1.29, 1.82) is 0 Å². The van der Waals surface area contributed by atoms with Crippen molar-refractivity contribution < 1.29 is 14.0 Å². The van der Waals surface area contributed by atoms with Crippen LogP contribution in [0.15, 0.2) is 28.9 Å². The Morgan fingerprint density at radius 3 is 2.86 bits per heavy atom. The van der Waals surface area contributed by atoms with E-state index in [0.717, 1.165) is 41.4 Å². The first kappa shape index (κ1) is 14.6. The van der Waals surface area contributed by atoms with Gasteiger partial charge in [0, 0.05) is 24.9 Å². The SMILES string of the molecule is CNC(=O)Cc1ccc2occ(CCNC(=O)C3CC3)c2c1. The molecule has 3 rings (SSSR count). The van der Waals surface area contributed by atoms with Gasteiger partial charge in [-0.3, -0.25) is 9.59 Å². The number of hydrogen-bond donors (Lipinski definition) is 2. The quantitative estimate of drug-likeness (QED) is 0.854. The second-order valence-corrected chi connectivity index (χ2v) is 5.76. The zero-order chi connectivity index (χ0) is 15.5. The monoisotopic (exact) mass is 300 g/mol. The number of carbonyl (C=O) groups excluding carboxylic acids is 2. The molecule has 0 atom stereocenters. The Kier molecular flexibility index (Phi) is 4.13. The molecule has 0 radical (unpaired) electrons. The number of nitrogens with one attached hydrogen (secondary N) is 2. The van der Waals surface area contributed by atoms with Crippen molar-refractivity contribution in [3.63, 3.8) is 0 Å². The Morgan fingerprint density at radius 1 is 1.32 bits per heavy atom. The molecule has 1 aromatic carbocycles. The molecule has 0 bridgehead atoms. The Balaban J connectivity index is 1.67. The fourth-order valence-corrected chi connectivity index (χ4v) is 2.52. The van der Waals surface area contributed by atoms with Gasteiger partial charge in [0.1, 0.15) is 5.58 Å². The topological polar surface area (TPSA) is 71.3 Å². The standard InChI is InChI=1S/C17H20N2O3/c1-18-16(20)9-11-2-5-15-14(8-11)13(10-22-15)6-7-19-17(21)12-3-4-12/h2,5,8,10,12H,3-4,6-7,9H2,1H3,(H,18,20)(H,19,21). The molecular weight excluding hydrogens is 280 g/mol. The lowest BCUT2D eigenvalue weighted by Gasteiger charge is -2.04. The molecule has 2 aromatic rings. The second kappa shape index (κ2) is 6.22. The minimum absolute atomic E-state index is 0.0129. The third-order valence-electron chi connectivity index (χ3n) is 4.00. The molecule has 116 valence electrons. The largest absolute Gasteiger partial charge is 0.464 e. The molecule has 1 heterocycles. The Labute approximate surface area is 129 Å². The number of carbonyl (C=O) groups is 2. The molecule has 5 nitrogen and oxygen atoms in total. The van der Waals surface area contributed by atoms with Gasteiger partial charge in [0.05, 0.1) is 12.7 Å². The minimum atomic E-state index is -0.0129. The Hall–Kier alpha value is -2.30. The summed E-state index contributed by atoms with van der Waals surface area (Å²) < 4.78 is 5.54. The van der Waals surface area contributed by atoms with Crippen LogP contribution >= 0.6 is 0 Å². The summed E-state index contributed by atoms with van der Waals surface area (Å²) in [5.41, 5.74) is 2.82. The average molecular weight is 300 g/mol. The van der Waals surface area contributed by atoms with Crippen LogP contribution in [-0.2, 0) is 22.4 Å². The predicted octanol–water partition coefficient (Wildman–Crippen LogP) is 1.79. The Morgan fingerprint density at radius 2 is 2.14 bits per heavy atom. The van der Waals surface area contributed by atoms with E-state index in [1.54, 1.807) is 13.3 Å². The number of likely N-dealkylation sites (N-methyl/N-ethyl adjacent to an activating group) is 1. The van der Waals surface area contributed by atoms with Crippen LogP contribution in [0.25, 0.3) is 11.0 Å². The molecule has 1 saturated carbocycles. The van der Waals surface area contributed by atoms with Crippen LogP contribution in [0.2, 0.25) is 0 Å². The number of hydrogen-bond acceptors (Lipinski definition) is 3. The zero-order valence-corrected chi connectivity index (χ0v) is 12.6. The van der Waals surface area contributed by atoms with E-state index < -0.39 is 0 Å². The molecule has 22 heavy (non-hydrogen) atoms. The normalized spacial score (nSPS) is 14.0. The molecule has 1 aromatic heterocycles. The second-order valence-electron chi connectivity index (χ2n) is 5.76. The van der Waals surface area contributed by atoms with Gasteiger partial charge in [0.2, 0.25) is 11.8 Å². The van der Waals surface area contributed by atoms with Crippen LogP contribution < -0.4 is 10.6 Å². The molecule has 1 aliphatic rings. The third kappa shape index (κ3) is 3.30. The lowest BCUT2D eigenvalue weighted by atomic mass is 10.1. The summed E-state index contributed by atoms with van der Waals surface area (Å²) in [4.78, 5) is 23.1. The molecule has 0 unspecified atom stereocenters. The number of furan rings is 1. The van der Waals surface area contributed by atoms with Gasteiger partial charge in [-0.25, -0.2) is 0 Å². The maximum atomic E-state index is 11.6. The fraction of sp³-hybridized carbons (Fsp3) is 0.412. The predicted molar refractivity (Wildman–Crippen MR) is 83.4 cm³/mol. The van der Waals surface area contributed by atoms with E-state index in [2.05, 4.69) is 10.6 Å². The molecule has 0 spiro atoms. The van der Waals surface area contributed by atoms with Crippen molar-refractivity contribution in [2.75, 3.05) is 13.6 Å². The summed E-state index contributed by atoms with van der Waals surface area (Å²) in [6.07, 6.45) is 4.86. The van der Waals surface area contributed by atoms with Gasteiger partial charge >= 0.3 is 0 Å². The third-order valence-corrected chi connectivity index (χ3v) is 4.00. The summed E-state index contributed by atoms with van der Waals surface area (Å²) in [5.74, 6) is 0.384. The number of rotatable bonds is 6. The summed E-state index contributed by atoms with van der Waals surface area (Å²) in [6.45, 7) is 0.615. The number of benzene rings is 1. The molecule has 1 fully saturated rings. The highest BCUT2D eigenvalue weighted by molar-refractivity contribution is 5.85. The fourth-order valence-electron chi connectivity index (χ4n) is 2.52. The van der Waals surface area contributed by atoms with Crippen molar-refractivity contribution in [1.82, 2.24) is 10.6 Å². The van der Waals surface area contributed by atoms with Gasteiger partial charge in [0.25, 0.3) is 0 Å². The molecule has 0 saturated heterocycles. The highest BCUT2D eigenvalue weighted by Gasteiger charge is 2.29. The van der Waals surface area contributed by atoms with E-state index in [4.69, 9.17) is 4.42 Å². The van der Waals surface area contributed by atoms with E-state index in [-0.39, 0.29) is 17.7 Å². The van der Waals surface area contributed by atoms with Crippen molar-refractivity contribution >= 4 is 22.8 Å². The van der Waals surface area contributed by atoms with Crippen LogP contribution in [0.4, 0.5) is 0 Å². The maximum absolute atomic E-state index is 11.6. The molecule has 1 aliphatic carbocycles. The molecule has 0 aliphatic heterocycles. The molecule has 2 amide bonds. The highest BCUT2D eigenvalue weighted by atomic mass is 16.3. The summed E-state index contributed by atoms with van der Waals surface area (Å²) in [6, 6.07) is 5.78. The summed E-state index contributed by atoms with van der Waals surface area (Å²) in [5, 5.41) is 6.60. The van der Waals surface area contributed by atoms with Crippen molar-refractivity contribution in [2.24, 2.45) is 5.92 Å². The smallest absolute Gasteiger partial charge is 0.224 e. The average Bonchev–Trinajstić information content (AvgIpc) is 3.30. The Bertz CT molecular complexity index is 701. The van der Waals surface area contributed by atoms with Crippen molar-refractivity contribution in [3.8, 4) is 0 Å². The maximum Gasteiger partial charge on any atom is 0.224 e. The summed E-state index contributed by atoms with van der Waals surface area (Å²) in [7, 11) is 1.63. The van der Waals surface area contributed by atoms with Gasteiger partial charge in [-0.15, -0.1) is 0 Å². The van der Waals surface area contributed by atoms with Gasteiger partial charge in [-0.2, -0.15) is 0 Å². The van der Waals surface area contributed by atoms with Gasteiger partial charge in [0.15, 0.2) is 0 Å². The summed E-state index contributed by atoms with van der Waals surface area (Å²) >= 11 is 0. The van der Waals surface area contributed by atoms with Crippen LogP contribution in [-0.4, -0.2) is 25.4 Å². The van der Waals surface area contributed by atoms with E-state index in [1.165, 1.54) is 0 Å². The van der Waals surface area contributed by atoms with Crippen LogP contribution in [0.3, 0.4) is 0 Å². The first-order valence-corrected chi connectivity index (χ1v) is 7.64. The number of fused-ring (bicyclic) bond motifs is 1. The molecular formula is C17H20N2O3. The van der Waals surface area contributed by atoms with Gasteiger partial charge < -0.3 is 15.1 Å². The lowest BCUT2D eigenvalue weighted by molar-refractivity contribution is -0.122. The molecule has 2 N–H and O–H groups in total. The van der Waals surface area contributed by atoms with Crippen LogP contribution in [0, 0.1) is 5.92 Å². The molecule has 5 heteroatoms. The lowest BCUT2D eigenvalue weighted by Crippen LogP contribution is -2.26. The minimum Gasteiger partial charge on any atom is -0.464 e. The van der Waals surface area contributed by atoms with Gasteiger partial charge in [-0.05, 0) is 42.5 Å². The highest BCUT2D eigenvalue weighted by Crippen LogP contribution is 2.28. The first-order chi connectivity index (χ1) is 10.7. The number of amides is 2. The van der Waals surface area contributed by atoms with E-state index in [1.807, 2.05) is 18.2 Å². The van der Waals surface area contributed by atoms with E-state index >= 15 is 0 Å². The van der Waals surface area contributed by atoms with E-state index in [0.29, 0.717) is 13.0 Å². The van der Waals surface area contributed by atoms with Crippen LogP contribution in [0.5, 0.6) is 0 Å². The van der Waals surface area contributed by atoms with Crippen molar-refractivity contribution in [2.45, 2.75) is 25.7 Å². The van der Waals surface area contributed by atoms with Crippen molar-refractivity contribution in [3.05, 3.63) is 35.6 Å². The van der Waals surface area contributed by atoms with Gasteiger partial charge in [-0.1, -0.05) is 6.07 Å².